The minimum atomic E-state index is -0.0694. The third-order valence-electron chi connectivity index (χ3n) is 3.58. The van der Waals surface area contributed by atoms with Gasteiger partial charge in [-0.05, 0) is 38.1 Å². The summed E-state index contributed by atoms with van der Waals surface area (Å²) in [5.41, 5.74) is 0.964. The van der Waals surface area contributed by atoms with E-state index in [4.69, 9.17) is 18.9 Å². The minimum Gasteiger partial charge on any atom is -0.496 e. The van der Waals surface area contributed by atoms with E-state index in [0.717, 1.165) is 30.8 Å². The highest BCUT2D eigenvalue weighted by Gasteiger charge is 2.25. The molecule has 21 heavy (non-hydrogen) atoms. The predicted octanol–water partition coefficient (Wildman–Crippen LogP) is 2.67. The van der Waals surface area contributed by atoms with E-state index in [1.54, 1.807) is 21.3 Å². The maximum Gasteiger partial charge on any atom is 0.203 e. The fourth-order valence-electron chi connectivity index (χ4n) is 2.58. The number of nitrogens with one attached hydrogen (secondary N) is 1. The average Bonchev–Trinajstić information content (AvgIpc) is 2.55. The van der Waals surface area contributed by atoms with Gasteiger partial charge in [0.05, 0.1) is 34.0 Å². The molecule has 1 aliphatic rings. The predicted molar refractivity (Wildman–Crippen MR) is 81.2 cm³/mol. The fourth-order valence-corrected chi connectivity index (χ4v) is 2.58. The van der Waals surface area contributed by atoms with Crippen LogP contribution in [0.2, 0.25) is 0 Å². The Morgan fingerprint density at radius 3 is 2.38 bits per heavy atom. The van der Waals surface area contributed by atoms with Crippen LogP contribution < -0.4 is 19.5 Å². The molecule has 0 bridgehead atoms. The van der Waals surface area contributed by atoms with Crippen molar-refractivity contribution < 1.29 is 18.9 Å². The second-order valence-electron chi connectivity index (χ2n) is 4.74. The van der Waals surface area contributed by atoms with Crippen molar-refractivity contribution in [2.75, 3.05) is 35.0 Å². The minimum absolute atomic E-state index is 0.0694. The standard InChI is InChI=1S/C16H23NO4/c1-17-14(12-7-5-6-10-21-12)11-8-9-13(18-2)16(20-4)15(11)19-3/h7-9,14,17H,5-6,10H2,1-4H3. The van der Waals surface area contributed by atoms with Gasteiger partial charge in [-0.1, -0.05) is 0 Å². The first kappa shape index (κ1) is 15.5. The molecule has 0 radical (unpaired) electrons. The summed E-state index contributed by atoms with van der Waals surface area (Å²) in [5.74, 6) is 2.82. The van der Waals surface area contributed by atoms with Crippen LogP contribution in [-0.4, -0.2) is 35.0 Å². The Hall–Kier alpha value is -1.88. The SMILES string of the molecule is CNC(C1=CCCCO1)c1ccc(OC)c(OC)c1OC. The van der Waals surface area contributed by atoms with Gasteiger partial charge in [0.25, 0.3) is 0 Å². The van der Waals surface area contributed by atoms with Gasteiger partial charge in [0.2, 0.25) is 5.75 Å². The Balaban J connectivity index is 2.48. The molecule has 5 nitrogen and oxygen atoms in total. The van der Waals surface area contributed by atoms with Crippen LogP contribution in [0.3, 0.4) is 0 Å². The lowest BCUT2D eigenvalue weighted by molar-refractivity contribution is 0.168. The van der Waals surface area contributed by atoms with Gasteiger partial charge in [0.15, 0.2) is 11.5 Å². The Morgan fingerprint density at radius 2 is 1.86 bits per heavy atom. The Bertz CT molecular complexity index is 513. The van der Waals surface area contributed by atoms with Gasteiger partial charge in [-0.3, -0.25) is 0 Å². The van der Waals surface area contributed by atoms with E-state index in [-0.39, 0.29) is 6.04 Å². The van der Waals surface area contributed by atoms with Gasteiger partial charge < -0.3 is 24.3 Å². The zero-order valence-electron chi connectivity index (χ0n) is 13.1. The molecule has 1 aromatic rings. The van der Waals surface area contributed by atoms with Crippen LogP contribution in [0.4, 0.5) is 0 Å². The molecule has 1 atom stereocenters. The summed E-state index contributed by atoms with van der Waals surface area (Å²) in [4.78, 5) is 0. The molecule has 1 N–H and O–H groups in total. The van der Waals surface area contributed by atoms with Gasteiger partial charge >= 0.3 is 0 Å². The molecular formula is C16H23NO4. The molecule has 1 heterocycles. The third-order valence-corrected chi connectivity index (χ3v) is 3.58. The van der Waals surface area contributed by atoms with E-state index >= 15 is 0 Å². The molecule has 0 amide bonds. The maximum atomic E-state index is 5.79. The van der Waals surface area contributed by atoms with Crippen molar-refractivity contribution in [3.05, 3.63) is 29.5 Å². The lowest BCUT2D eigenvalue weighted by atomic mass is 10.0. The van der Waals surface area contributed by atoms with E-state index in [9.17, 15) is 0 Å². The first-order valence-corrected chi connectivity index (χ1v) is 7.05. The van der Waals surface area contributed by atoms with E-state index in [1.807, 2.05) is 19.2 Å². The lowest BCUT2D eigenvalue weighted by Crippen LogP contribution is -2.22. The van der Waals surface area contributed by atoms with Crippen LogP contribution in [0, 0.1) is 0 Å². The van der Waals surface area contributed by atoms with Crippen molar-refractivity contribution in [3.63, 3.8) is 0 Å². The maximum absolute atomic E-state index is 5.79. The van der Waals surface area contributed by atoms with Crippen molar-refractivity contribution in [2.45, 2.75) is 18.9 Å². The highest BCUT2D eigenvalue weighted by Crippen LogP contribution is 2.43. The molecule has 0 aromatic heterocycles. The molecule has 1 unspecified atom stereocenters. The monoisotopic (exact) mass is 293 g/mol. The van der Waals surface area contributed by atoms with Crippen LogP contribution >= 0.6 is 0 Å². The molecule has 0 saturated carbocycles. The van der Waals surface area contributed by atoms with Crippen LogP contribution in [0.1, 0.15) is 24.4 Å². The van der Waals surface area contributed by atoms with Crippen LogP contribution in [0.5, 0.6) is 17.2 Å². The molecule has 0 fully saturated rings. The van der Waals surface area contributed by atoms with Crippen molar-refractivity contribution in [1.82, 2.24) is 5.32 Å². The van der Waals surface area contributed by atoms with E-state index in [1.165, 1.54) is 0 Å². The summed E-state index contributed by atoms with van der Waals surface area (Å²) in [6, 6.07) is 3.78. The van der Waals surface area contributed by atoms with E-state index < -0.39 is 0 Å². The molecule has 116 valence electrons. The summed E-state index contributed by atoms with van der Waals surface area (Å²) in [7, 11) is 6.75. The Kier molecular flexibility index (Phi) is 5.33. The lowest BCUT2D eigenvalue weighted by Gasteiger charge is -2.26. The third kappa shape index (κ3) is 3.08. The van der Waals surface area contributed by atoms with Gasteiger partial charge in [-0.25, -0.2) is 0 Å². The largest absolute Gasteiger partial charge is 0.496 e. The average molecular weight is 293 g/mol. The van der Waals surface area contributed by atoms with Gasteiger partial charge in [0, 0.05) is 5.56 Å². The number of benzene rings is 1. The fraction of sp³-hybridized carbons (Fsp3) is 0.500. The van der Waals surface area contributed by atoms with Crippen molar-refractivity contribution in [1.29, 1.82) is 0 Å². The molecule has 1 aromatic carbocycles. The van der Waals surface area contributed by atoms with E-state index in [2.05, 4.69) is 11.4 Å². The summed E-state index contributed by atoms with van der Waals surface area (Å²) >= 11 is 0. The molecular weight excluding hydrogens is 270 g/mol. The molecule has 1 aliphatic heterocycles. The summed E-state index contributed by atoms with van der Waals surface area (Å²) in [6.07, 6.45) is 4.22. The highest BCUT2D eigenvalue weighted by atomic mass is 16.5. The van der Waals surface area contributed by atoms with Crippen molar-refractivity contribution in [2.24, 2.45) is 0 Å². The molecule has 2 rings (SSSR count). The highest BCUT2D eigenvalue weighted by molar-refractivity contribution is 5.57. The zero-order chi connectivity index (χ0) is 15.2. The van der Waals surface area contributed by atoms with E-state index in [0.29, 0.717) is 17.2 Å². The summed E-state index contributed by atoms with van der Waals surface area (Å²) in [6.45, 7) is 0.750. The number of ether oxygens (including phenoxy) is 4. The van der Waals surface area contributed by atoms with Crippen molar-refractivity contribution in [3.8, 4) is 17.2 Å². The first-order chi connectivity index (χ1) is 10.3. The first-order valence-electron chi connectivity index (χ1n) is 7.05. The second kappa shape index (κ2) is 7.22. The van der Waals surface area contributed by atoms with Gasteiger partial charge in [-0.2, -0.15) is 0 Å². The molecule has 0 saturated heterocycles. The van der Waals surface area contributed by atoms with Gasteiger partial charge in [-0.15, -0.1) is 0 Å². The van der Waals surface area contributed by atoms with Crippen LogP contribution in [0.25, 0.3) is 0 Å². The van der Waals surface area contributed by atoms with Crippen molar-refractivity contribution >= 4 is 0 Å². The number of hydrogen-bond donors (Lipinski definition) is 1. The normalized spacial score (nSPS) is 15.7. The van der Waals surface area contributed by atoms with Crippen LogP contribution in [-0.2, 0) is 4.74 Å². The summed E-state index contributed by atoms with van der Waals surface area (Å²) in [5, 5.41) is 3.28. The van der Waals surface area contributed by atoms with Crippen LogP contribution in [0.15, 0.2) is 24.0 Å². The number of methoxy groups -OCH3 is 3. The Labute approximate surface area is 125 Å². The smallest absolute Gasteiger partial charge is 0.203 e. The second-order valence-corrected chi connectivity index (χ2v) is 4.74. The number of likely N-dealkylation sites (N-methyl/N-ethyl adjacent to an activating group) is 1. The molecule has 5 heteroatoms. The zero-order valence-corrected chi connectivity index (χ0v) is 13.1. The Morgan fingerprint density at radius 1 is 1.10 bits per heavy atom. The number of rotatable bonds is 6. The van der Waals surface area contributed by atoms with Gasteiger partial charge in [0.1, 0.15) is 5.76 Å². The quantitative estimate of drug-likeness (QED) is 0.874. The molecule has 0 aliphatic carbocycles. The number of allylic oxidation sites excluding steroid dienone is 1. The topological polar surface area (TPSA) is 49.0 Å². The number of hydrogen-bond acceptors (Lipinski definition) is 5. The molecule has 0 spiro atoms. The summed E-state index contributed by atoms with van der Waals surface area (Å²) < 4.78 is 22.1.